The van der Waals surface area contributed by atoms with Gasteiger partial charge in [0, 0.05) is 12.5 Å². The first kappa shape index (κ1) is 16.4. The summed E-state index contributed by atoms with van der Waals surface area (Å²) in [5.41, 5.74) is -0.387. The Hall–Kier alpha value is -1.98. The summed E-state index contributed by atoms with van der Waals surface area (Å²) in [6, 6.07) is 3.28. The summed E-state index contributed by atoms with van der Waals surface area (Å²) in [6.45, 7) is 1.68. The number of carboxylic acid groups (broad SMARTS) is 1. The van der Waals surface area contributed by atoms with Crippen LogP contribution in [0.25, 0.3) is 0 Å². The number of benzene rings is 1. The van der Waals surface area contributed by atoms with Crippen molar-refractivity contribution in [2.24, 2.45) is 0 Å². The van der Waals surface area contributed by atoms with E-state index in [0.717, 1.165) is 18.6 Å². The standard InChI is InChI=1S/C16H19F2NO3/c1-10(12-4-3-11(17)8-13(12)18)7-14(20)19-16(5-2-6-16)9-15(21)22/h3-4,8,10H,2,5-7,9H2,1H3,(H,19,20)(H,21,22). The van der Waals surface area contributed by atoms with E-state index in [9.17, 15) is 18.4 Å². The SMILES string of the molecule is CC(CC(=O)NC1(CC(=O)O)CCC1)c1ccc(F)cc1F. The van der Waals surface area contributed by atoms with E-state index in [1.807, 2.05) is 0 Å². The molecular weight excluding hydrogens is 292 g/mol. The van der Waals surface area contributed by atoms with Crippen LogP contribution in [0.5, 0.6) is 0 Å². The molecule has 0 saturated heterocycles. The predicted molar refractivity (Wildman–Crippen MR) is 76.4 cm³/mol. The lowest BCUT2D eigenvalue weighted by Crippen LogP contribution is -2.54. The number of nitrogens with one attached hydrogen (secondary N) is 1. The van der Waals surface area contributed by atoms with Gasteiger partial charge in [-0.2, -0.15) is 0 Å². The minimum absolute atomic E-state index is 0.0317. The van der Waals surface area contributed by atoms with Gasteiger partial charge in [-0.1, -0.05) is 13.0 Å². The molecule has 0 heterocycles. The van der Waals surface area contributed by atoms with Crippen LogP contribution in [0.4, 0.5) is 8.78 Å². The second kappa shape index (κ2) is 6.42. The maximum absolute atomic E-state index is 13.7. The molecule has 0 bridgehead atoms. The number of carboxylic acids is 1. The minimum Gasteiger partial charge on any atom is -0.481 e. The van der Waals surface area contributed by atoms with Crippen LogP contribution in [0.3, 0.4) is 0 Å². The molecule has 1 fully saturated rings. The summed E-state index contributed by atoms with van der Waals surface area (Å²) in [6.07, 6.45) is 2.10. The van der Waals surface area contributed by atoms with Gasteiger partial charge in [-0.25, -0.2) is 8.78 Å². The highest BCUT2D eigenvalue weighted by Crippen LogP contribution is 2.35. The summed E-state index contributed by atoms with van der Waals surface area (Å²) in [5, 5.41) is 11.7. The van der Waals surface area contributed by atoms with Crippen molar-refractivity contribution in [2.75, 3.05) is 0 Å². The Morgan fingerprint density at radius 3 is 2.55 bits per heavy atom. The number of aliphatic carboxylic acids is 1. The zero-order valence-corrected chi connectivity index (χ0v) is 12.4. The number of hydrogen-bond acceptors (Lipinski definition) is 2. The van der Waals surface area contributed by atoms with Crippen molar-refractivity contribution in [3.63, 3.8) is 0 Å². The van der Waals surface area contributed by atoms with E-state index in [2.05, 4.69) is 5.32 Å². The number of halogens is 2. The van der Waals surface area contributed by atoms with Crippen LogP contribution in [0, 0.1) is 11.6 Å². The lowest BCUT2D eigenvalue weighted by molar-refractivity contribution is -0.140. The van der Waals surface area contributed by atoms with Crippen molar-refractivity contribution < 1.29 is 23.5 Å². The third-order valence-corrected chi connectivity index (χ3v) is 4.19. The van der Waals surface area contributed by atoms with E-state index in [1.165, 1.54) is 6.07 Å². The summed E-state index contributed by atoms with van der Waals surface area (Å²) >= 11 is 0. The average Bonchev–Trinajstić information content (AvgIpc) is 2.34. The molecule has 1 aliphatic rings. The number of hydrogen-bond donors (Lipinski definition) is 2. The highest BCUT2D eigenvalue weighted by atomic mass is 19.1. The fraction of sp³-hybridized carbons (Fsp3) is 0.500. The molecule has 0 radical (unpaired) electrons. The topological polar surface area (TPSA) is 66.4 Å². The van der Waals surface area contributed by atoms with Crippen LogP contribution >= 0.6 is 0 Å². The molecule has 0 aromatic heterocycles. The second-order valence-corrected chi connectivity index (χ2v) is 6.02. The Bertz CT molecular complexity index is 585. The molecule has 120 valence electrons. The lowest BCUT2D eigenvalue weighted by Gasteiger charge is -2.41. The summed E-state index contributed by atoms with van der Waals surface area (Å²) in [7, 11) is 0. The maximum Gasteiger partial charge on any atom is 0.305 e. The molecule has 1 amide bonds. The van der Waals surface area contributed by atoms with Gasteiger partial charge in [0.05, 0.1) is 12.0 Å². The van der Waals surface area contributed by atoms with Crippen LogP contribution in [0.2, 0.25) is 0 Å². The second-order valence-electron chi connectivity index (χ2n) is 6.02. The van der Waals surface area contributed by atoms with E-state index in [1.54, 1.807) is 6.92 Å². The highest BCUT2D eigenvalue weighted by Gasteiger charge is 2.40. The molecule has 1 aromatic rings. The van der Waals surface area contributed by atoms with E-state index in [0.29, 0.717) is 12.8 Å². The molecule has 2 N–H and O–H groups in total. The molecule has 22 heavy (non-hydrogen) atoms. The van der Waals surface area contributed by atoms with Crippen LogP contribution in [-0.4, -0.2) is 22.5 Å². The molecule has 2 rings (SSSR count). The Labute approximate surface area is 127 Å². The molecule has 4 nitrogen and oxygen atoms in total. The fourth-order valence-corrected chi connectivity index (χ4v) is 2.87. The molecule has 0 spiro atoms. The van der Waals surface area contributed by atoms with Gasteiger partial charge >= 0.3 is 5.97 Å². The van der Waals surface area contributed by atoms with Crippen LogP contribution in [-0.2, 0) is 9.59 Å². The molecular formula is C16H19F2NO3. The van der Waals surface area contributed by atoms with Gasteiger partial charge in [0.2, 0.25) is 5.91 Å². The zero-order valence-electron chi connectivity index (χ0n) is 12.4. The third-order valence-electron chi connectivity index (χ3n) is 4.19. The Kier molecular flexibility index (Phi) is 4.78. The van der Waals surface area contributed by atoms with E-state index in [-0.39, 0.29) is 24.3 Å². The first-order chi connectivity index (χ1) is 10.3. The van der Waals surface area contributed by atoms with Crippen molar-refractivity contribution in [2.45, 2.75) is 50.5 Å². The van der Waals surface area contributed by atoms with Crippen molar-refractivity contribution >= 4 is 11.9 Å². The Morgan fingerprint density at radius 2 is 2.05 bits per heavy atom. The minimum atomic E-state index is -0.947. The molecule has 1 aliphatic carbocycles. The monoisotopic (exact) mass is 311 g/mol. The summed E-state index contributed by atoms with van der Waals surface area (Å²) < 4.78 is 26.6. The Balaban J connectivity index is 1.97. The van der Waals surface area contributed by atoms with Crippen molar-refractivity contribution in [3.05, 3.63) is 35.4 Å². The van der Waals surface area contributed by atoms with Gasteiger partial charge in [-0.05, 0) is 36.8 Å². The largest absolute Gasteiger partial charge is 0.481 e. The fourth-order valence-electron chi connectivity index (χ4n) is 2.87. The van der Waals surface area contributed by atoms with Crippen molar-refractivity contribution in [1.29, 1.82) is 0 Å². The molecule has 1 unspecified atom stereocenters. The molecule has 0 aliphatic heterocycles. The van der Waals surface area contributed by atoms with Gasteiger partial charge in [0.1, 0.15) is 11.6 Å². The highest BCUT2D eigenvalue weighted by molar-refractivity contribution is 5.79. The smallest absolute Gasteiger partial charge is 0.305 e. The summed E-state index contributed by atoms with van der Waals surface area (Å²) in [5.74, 6) is -3.01. The predicted octanol–water partition coefficient (Wildman–Crippen LogP) is 2.97. The van der Waals surface area contributed by atoms with Gasteiger partial charge in [0.15, 0.2) is 0 Å². The zero-order chi connectivity index (χ0) is 16.3. The first-order valence-corrected chi connectivity index (χ1v) is 7.29. The molecule has 1 saturated carbocycles. The summed E-state index contributed by atoms with van der Waals surface area (Å²) in [4.78, 5) is 23.0. The molecule has 1 atom stereocenters. The number of carbonyl (C=O) groups excluding carboxylic acids is 1. The van der Waals surface area contributed by atoms with E-state index >= 15 is 0 Å². The number of amides is 1. The van der Waals surface area contributed by atoms with Crippen molar-refractivity contribution in [1.82, 2.24) is 5.32 Å². The Morgan fingerprint density at radius 1 is 1.36 bits per heavy atom. The van der Waals surface area contributed by atoms with Gasteiger partial charge in [-0.15, -0.1) is 0 Å². The molecule has 6 heteroatoms. The van der Waals surface area contributed by atoms with Gasteiger partial charge < -0.3 is 10.4 Å². The van der Waals surface area contributed by atoms with Crippen LogP contribution in [0.15, 0.2) is 18.2 Å². The normalized spacial score (nSPS) is 17.4. The first-order valence-electron chi connectivity index (χ1n) is 7.29. The van der Waals surface area contributed by atoms with Crippen molar-refractivity contribution in [3.8, 4) is 0 Å². The number of carbonyl (C=O) groups is 2. The quantitative estimate of drug-likeness (QED) is 0.849. The van der Waals surface area contributed by atoms with Gasteiger partial charge in [-0.3, -0.25) is 9.59 Å². The van der Waals surface area contributed by atoms with Crippen LogP contribution < -0.4 is 5.32 Å². The number of rotatable bonds is 6. The van der Waals surface area contributed by atoms with E-state index < -0.39 is 29.1 Å². The van der Waals surface area contributed by atoms with Crippen LogP contribution in [0.1, 0.15) is 50.5 Å². The lowest BCUT2D eigenvalue weighted by atomic mass is 9.74. The van der Waals surface area contributed by atoms with Gasteiger partial charge in [0.25, 0.3) is 0 Å². The third kappa shape index (κ3) is 3.81. The average molecular weight is 311 g/mol. The molecule has 1 aromatic carbocycles. The maximum atomic E-state index is 13.7. The van der Waals surface area contributed by atoms with E-state index in [4.69, 9.17) is 5.11 Å².